The quantitative estimate of drug-likeness (QED) is 0.459. The first kappa shape index (κ1) is 14.7. The maximum Gasteiger partial charge on any atom is 0.134 e. The van der Waals surface area contributed by atoms with Crippen LogP contribution < -0.4 is 4.74 Å². The van der Waals surface area contributed by atoms with E-state index in [2.05, 4.69) is 15.9 Å². The second kappa shape index (κ2) is 7.13. The third-order valence-corrected chi connectivity index (χ3v) is 3.66. The number of alkyl halides is 1. The summed E-state index contributed by atoms with van der Waals surface area (Å²) in [6, 6.07) is 5.35. The normalized spacial score (nSPS) is 12.8. The first-order valence-electron chi connectivity index (χ1n) is 5.48. The second-order valence-electron chi connectivity index (χ2n) is 3.95. The molecule has 0 spiro atoms. The maximum atomic E-state index is 11.3. The van der Waals surface area contributed by atoms with Crippen LogP contribution in [0.4, 0.5) is 0 Å². The predicted molar refractivity (Wildman–Crippen MR) is 71.6 cm³/mol. The molecule has 1 aromatic carbocycles. The molecular formula is C12H16BrO3S-. The van der Waals surface area contributed by atoms with Crippen LogP contribution in [0.25, 0.3) is 0 Å². The van der Waals surface area contributed by atoms with Gasteiger partial charge in [-0.05, 0) is 35.0 Å². The Bertz CT molecular complexity index is 393. The molecule has 0 heterocycles. The average Bonchev–Trinajstić information content (AvgIpc) is 2.28. The van der Waals surface area contributed by atoms with Gasteiger partial charge in [-0.15, -0.1) is 0 Å². The molecule has 0 aliphatic rings. The van der Waals surface area contributed by atoms with Gasteiger partial charge in [-0.1, -0.05) is 41.9 Å². The van der Waals surface area contributed by atoms with E-state index < -0.39 is 11.1 Å². The zero-order valence-electron chi connectivity index (χ0n) is 9.94. The fraction of sp³-hybridized carbons (Fsp3) is 0.500. The third-order valence-electron chi connectivity index (χ3n) is 2.33. The summed E-state index contributed by atoms with van der Waals surface area (Å²) in [6.07, 6.45) is 0.844. The van der Waals surface area contributed by atoms with Gasteiger partial charge in [-0.25, -0.2) is 0 Å². The SMILES string of the molecule is CC(C)c1cccc(OCCCBr)c1S(=O)[O-]. The molecule has 1 unspecified atom stereocenters. The van der Waals surface area contributed by atoms with Crippen molar-refractivity contribution in [2.24, 2.45) is 0 Å². The van der Waals surface area contributed by atoms with Gasteiger partial charge in [0.25, 0.3) is 0 Å². The molecule has 17 heavy (non-hydrogen) atoms. The highest BCUT2D eigenvalue weighted by Crippen LogP contribution is 2.30. The molecule has 1 atom stereocenters. The summed E-state index contributed by atoms with van der Waals surface area (Å²) in [5, 5.41) is 0.840. The average molecular weight is 320 g/mol. The van der Waals surface area contributed by atoms with Gasteiger partial charge in [0.1, 0.15) is 5.75 Å². The van der Waals surface area contributed by atoms with Crippen molar-refractivity contribution in [2.75, 3.05) is 11.9 Å². The van der Waals surface area contributed by atoms with E-state index in [1.807, 2.05) is 26.0 Å². The summed E-state index contributed by atoms with van der Waals surface area (Å²) in [6.45, 7) is 4.44. The van der Waals surface area contributed by atoms with Crippen LogP contribution in [0, 0.1) is 0 Å². The summed E-state index contributed by atoms with van der Waals surface area (Å²) >= 11 is 1.04. The molecule has 0 aromatic heterocycles. The zero-order chi connectivity index (χ0) is 12.8. The first-order valence-corrected chi connectivity index (χ1v) is 7.68. The van der Waals surface area contributed by atoms with Crippen molar-refractivity contribution < 1.29 is 13.5 Å². The number of halogens is 1. The Balaban J connectivity index is 3.03. The Hall–Kier alpha value is -0.390. The molecule has 0 N–H and O–H groups in total. The van der Waals surface area contributed by atoms with Gasteiger partial charge in [-0.3, -0.25) is 4.21 Å². The minimum Gasteiger partial charge on any atom is -0.768 e. The first-order chi connectivity index (χ1) is 8.07. The molecule has 96 valence electrons. The Kier molecular flexibility index (Phi) is 6.16. The molecule has 0 aliphatic heterocycles. The van der Waals surface area contributed by atoms with E-state index in [1.54, 1.807) is 6.07 Å². The van der Waals surface area contributed by atoms with Crippen LogP contribution in [0.2, 0.25) is 0 Å². The molecule has 5 heteroatoms. The van der Waals surface area contributed by atoms with Crippen LogP contribution >= 0.6 is 15.9 Å². The Labute approximate surface area is 113 Å². The van der Waals surface area contributed by atoms with Crippen LogP contribution in [-0.4, -0.2) is 20.7 Å². The van der Waals surface area contributed by atoms with E-state index in [9.17, 15) is 8.76 Å². The minimum atomic E-state index is -2.26. The van der Waals surface area contributed by atoms with E-state index in [-0.39, 0.29) is 10.8 Å². The lowest BCUT2D eigenvalue weighted by Crippen LogP contribution is -2.05. The Morgan fingerprint density at radius 1 is 1.47 bits per heavy atom. The highest BCUT2D eigenvalue weighted by molar-refractivity contribution is 9.09. The van der Waals surface area contributed by atoms with Gasteiger partial charge in [-0.2, -0.15) is 0 Å². The van der Waals surface area contributed by atoms with E-state index in [4.69, 9.17) is 4.74 Å². The van der Waals surface area contributed by atoms with Crippen LogP contribution in [0.3, 0.4) is 0 Å². The van der Waals surface area contributed by atoms with Crippen molar-refractivity contribution in [3.8, 4) is 5.75 Å². The van der Waals surface area contributed by atoms with Gasteiger partial charge >= 0.3 is 0 Å². The number of hydrogen-bond donors (Lipinski definition) is 0. The van der Waals surface area contributed by atoms with Crippen LogP contribution in [0.15, 0.2) is 23.1 Å². The molecule has 1 rings (SSSR count). The van der Waals surface area contributed by atoms with Crippen LogP contribution in [-0.2, 0) is 11.1 Å². The molecule has 0 radical (unpaired) electrons. The highest BCUT2D eigenvalue weighted by Gasteiger charge is 2.12. The second-order valence-corrected chi connectivity index (χ2v) is 5.63. The molecule has 0 fully saturated rings. The zero-order valence-corrected chi connectivity index (χ0v) is 12.3. The van der Waals surface area contributed by atoms with Gasteiger partial charge in [0.15, 0.2) is 0 Å². The number of hydrogen-bond acceptors (Lipinski definition) is 3. The Morgan fingerprint density at radius 3 is 2.71 bits per heavy atom. The maximum absolute atomic E-state index is 11.3. The fourth-order valence-corrected chi connectivity index (χ4v) is 2.53. The smallest absolute Gasteiger partial charge is 0.134 e. The lowest BCUT2D eigenvalue weighted by atomic mass is 10.0. The predicted octanol–water partition coefficient (Wildman–Crippen LogP) is 3.21. The van der Waals surface area contributed by atoms with Crippen molar-refractivity contribution >= 4 is 27.0 Å². The highest BCUT2D eigenvalue weighted by atomic mass is 79.9. The molecular weight excluding hydrogens is 304 g/mol. The molecule has 0 aliphatic carbocycles. The number of rotatable bonds is 6. The van der Waals surface area contributed by atoms with E-state index in [0.717, 1.165) is 17.3 Å². The molecule has 0 bridgehead atoms. The molecule has 0 saturated heterocycles. The van der Waals surface area contributed by atoms with Gasteiger partial charge in [0, 0.05) is 5.33 Å². The summed E-state index contributed by atoms with van der Waals surface area (Å²) < 4.78 is 28.1. The van der Waals surface area contributed by atoms with Crippen molar-refractivity contribution in [3.63, 3.8) is 0 Å². The summed E-state index contributed by atoms with van der Waals surface area (Å²) in [5.41, 5.74) is 0.801. The van der Waals surface area contributed by atoms with Crippen molar-refractivity contribution in [1.29, 1.82) is 0 Å². The Morgan fingerprint density at radius 2 is 2.18 bits per heavy atom. The molecule has 1 aromatic rings. The molecule has 0 saturated carbocycles. The fourth-order valence-electron chi connectivity index (χ4n) is 1.52. The van der Waals surface area contributed by atoms with Gasteiger partial charge in [0.2, 0.25) is 0 Å². The van der Waals surface area contributed by atoms with Crippen LogP contribution in [0.1, 0.15) is 31.7 Å². The number of ether oxygens (including phenoxy) is 1. The molecule has 3 nitrogen and oxygen atoms in total. The lowest BCUT2D eigenvalue weighted by Gasteiger charge is -2.19. The summed E-state index contributed by atoms with van der Waals surface area (Å²) in [5.74, 6) is 0.605. The summed E-state index contributed by atoms with van der Waals surface area (Å²) in [4.78, 5) is 0.289. The van der Waals surface area contributed by atoms with E-state index in [0.29, 0.717) is 12.4 Å². The van der Waals surface area contributed by atoms with Crippen LogP contribution in [0.5, 0.6) is 5.75 Å². The van der Waals surface area contributed by atoms with Gasteiger partial charge < -0.3 is 9.29 Å². The topological polar surface area (TPSA) is 49.4 Å². The van der Waals surface area contributed by atoms with Gasteiger partial charge in [0.05, 0.1) is 11.5 Å². The molecule has 0 amide bonds. The number of benzene rings is 1. The van der Waals surface area contributed by atoms with Crippen molar-refractivity contribution in [2.45, 2.75) is 31.1 Å². The third kappa shape index (κ3) is 4.08. The lowest BCUT2D eigenvalue weighted by molar-refractivity contribution is 0.309. The minimum absolute atomic E-state index is 0.155. The summed E-state index contributed by atoms with van der Waals surface area (Å²) in [7, 11) is 0. The van der Waals surface area contributed by atoms with E-state index in [1.165, 1.54) is 0 Å². The van der Waals surface area contributed by atoms with Crippen molar-refractivity contribution in [3.05, 3.63) is 23.8 Å². The van der Waals surface area contributed by atoms with E-state index >= 15 is 0 Å². The monoisotopic (exact) mass is 319 g/mol. The van der Waals surface area contributed by atoms with Crippen molar-refractivity contribution in [1.82, 2.24) is 0 Å². The standard InChI is InChI=1S/C12H17BrO3S/c1-9(2)10-5-3-6-11(12(10)17(14)15)16-8-4-7-13/h3,5-6,9H,4,7-8H2,1-2H3,(H,14,15)/p-1. The largest absolute Gasteiger partial charge is 0.768 e.